The van der Waals surface area contributed by atoms with E-state index in [4.69, 9.17) is 5.26 Å². The van der Waals surface area contributed by atoms with Crippen LogP contribution in [0.15, 0.2) is 67.0 Å². The fraction of sp³-hybridized carbons (Fsp3) is 0.424. The quantitative estimate of drug-likeness (QED) is 0.282. The number of carbonyl (C=O) groups is 2. The van der Waals surface area contributed by atoms with E-state index in [-0.39, 0.29) is 18.4 Å². The van der Waals surface area contributed by atoms with Crippen molar-refractivity contribution in [3.8, 4) is 28.3 Å². The number of carboxylic acid groups (broad SMARTS) is 1. The molecular formula is C33H44N4O4. The van der Waals surface area contributed by atoms with Crippen molar-refractivity contribution in [3.05, 3.63) is 72.6 Å². The Hall–Kier alpha value is -3.93. The molecule has 0 aliphatic carbocycles. The molecule has 0 spiro atoms. The lowest BCUT2D eigenvalue weighted by molar-refractivity contribution is -0.141. The highest BCUT2D eigenvalue weighted by Crippen LogP contribution is 2.27. The Balaban J connectivity index is 0.000000745. The minimum Gasteiger partial charge on any atom is -0.481 e. The standard InChI is InChI=1S/C27H29N3O4.C6H15N/c1-27(2,3)24(17-31)29-26(34)23(14-25(32)33)30-13-12-22(16-30)21-10-8-20(9-11-21)19-6-4-18(15-28)5-7-19;1-4-7(5-2)6-3/h4-13,16,23-24,31H,14,17H2,1-3H3,(H,29,34)(H,32,33);4-6H2,1-3H3. The summed E-state index contributed by atoms with van der Waals surface area (Å²) in [5.41, 5.74) is 4.01. The monoisotopic (exact) mass is 560 g/mol. The molecule has 3 rings (SSSR count). The number of aliphatic carboxylic acids is 1. The number of aromatic nitrogens is 1. The number of rotatable bonds is 11. The van der Waals surface area contributed by atoms with Gasteiger partial charge in [-0.3, -0.25) is 9.59 Å². The Morgan fingerprint density at radius 3 is 1.78 bits per heavy atom. The van der Waals surface area contributed by atoms with E-state index >= 15 is 0 Å². The largest absolute Gasteiger partial charge is 0.481 e. The molecule has 3 N–H and O–H groups in total. The van der Waals surface area contributed by atoms with Crippen LogP contribution in [0.1, 0.15) is 59.6 Å². The molecule has 2 atom stereocenters. The van der Waals surface area contributed by atoms with E-state index < -0.39 is 24.0 Å². The third-order valence-electron chi connectivity index (χ3n) is 7.20. The Bertz CT molecular complexity index is 1270. The summed E-state index contributed by atoms with van der Waals surface area (Å²) in [4.78, 5) is 26.8. The van der Waals surface area contributed by atoms with Crippen LogP contribution >= 0.6 is 0 Å². The summed E-state index contributed by atoms with van der Waals surface area (Å²) in [6, 6.07) is 17.7. The van der Waals surface area contributed by atoms with Gasteiger partial charge in [0.1, 0.15) is 6.04 Å². The minimum atomic E-state index is -1.08. The zero-order chi connectivity index (χ0) is 30.6. The number of nitriles is 1. The smallest absolute Gasteiger partial charge is 0.306 e. The molecule has 1 aromatic heterocycles. The van der Waals surface area contributed by atoms with Gasteiger partial charge >= 0.3 is 5.97 Å². The average Bonchev–Trinajstić information content (AvgIpc) is 3.45. The number of benzene rings is 2. The highest BCUT2D eigenvalue weighted by Gasteiger charge is 2.30. The second kappa shape index (κ2) is 15.8. The number of nitrogens with zero attached hydrogens (tertiary/aromatic N) is 3. The maximum Gasteiger partial charge on any atom is 0.306 e. The van der Waals surface area contributed by atoms with Gasteiger partial charge in [-0.05, 0) is 65.5 Å². The number of carboxylic acids is 1. The SMILES string of the molecule is CC(C)(C)C(CO)NC(=O)C(CC(=O)O)n1ccc(-c2ccc(-c3ccc(C#N)cc3)cc2)c1.CCN(CC)CC. The van der Waals surface area contributed by atoms with Gasteiger partial charge < -0.3 is 25.0 Å². The number of carbonyl (C=O) groups excluding carboxylic acids is 1. The molecule has 0 aliphatic rings. The van der Waals surface area contributed by atoms with Crippen LogP contribution in [0, 0.1) is 16.7 Å². The third-order valence-corrected chi connectivity index (χ3v) is 7.20. The lowest BCUT2D eigenvalue weighted by Crippen LogP contribution is -2.48. The molecule has 41 heavy (non-hydrogen) atoms. The molecule has 8 nitrogen and oxygen atoms in total. The third kappa shape index (κ3) is 9.89. The summed E-state index contributed by atoms with van der Waals surface area (Å²) in [7, 11) is 0. The number of hydrogen-bond donors (Lipinski definition) is 3. The molecule has 1 heterocycles. The first-order valence-corrected chi connectivity index (χ1v) is 14.1. The Kier molecular flexibility index (Phi) is 12.8. The van der Waals surface area contributed by atoms with Crippen molar-refractivity contribution in [3.63, 3.8) is 0 Å². The Labute approximate surface area is 244 Å². The molecule has 0 saturated carbocycles. The van der Waals surface area contributed by atoms with E-state index in [1.54, 1.807) is 29.1 Å². The Morgan fingerprint density at radius 2 is 1.39 bits per heavy atom. The van der Waals surface area contributed by atoms with Crippen LogP contribution in [-0.2, 0) is 9.59 Å². The highest BCUT2D eigenvalue weighted by atomic mass is 16.4. The predicted molar refractivity (Wildman–Crippen MR) is 163 cm³/mol. The fourth-order valence-electron chi connectivity index (χ4n) is 4.34. The lowest BCUT2D eigenvalue weighted by atomic mass is 9.87. The summed E-state index contributed by atoms with van der Waals surface area (Å²) in [6.07, 6.45) is 3.08. The second-order valence-corrected chi connectivity index (χ2v) is 11.0. The zero-order valence-electron chi connectivity index (χ0n) is 25.1. The van der Waals surface area contributed by atoms with Gasteiger partial charge in [0.05, 0.1) is 30.7 Å². The van der Waals surface area contributed by atoms with Crippen molar-refractivity contribution < 1.29 is 19.8 Å². The van der Waals surface area contributed by atoms with Gasteiger partial charge in [-0.1, -0.05) is 77.9 Å². The van der Waals surface area contributed by atoms with E-state index in [2.05, 4.69) is 37.1 Å². The van der Waals surface area contributed by atoms with E-state index in [0.29, 0.717) is 5.56 Å². The summed E-state index contributed by atoms with van der Waals surface area (Å²) in [5.74, 6) is -1.53. The molecular weight excluding hydrogens is 516 g/mol. The van der Waals surface area contributed by atoms with Crippen molar-refractivity contribution in [1.82, 2.24) is 14.8 Å². The maximum absolute atomic E-state index is 13.0. The molecule has 220 valence electrons. The number of nitrogens with one attached hydrogen (secondary N) is 1. The first-order valence-electron chi connectivity index (χ1n) is 14.1. The summed E-state index contributed by atoms with van der Waals surface area (Å²) >= 11 is 0. The van der Waals surface area contributed by atoms with Gasteiger partial charge in [0.2, 0.25) is 5.91 Å². The van der Waals surface area contributed by atoms with Gasteiger partial charge in [-0.2, -0.15) is 5.26 Å². The van der Waals surface area contributed by atoms with Crippen molar-refractivity contribution in [1.29, 1.82) is 5.26 Å². The number of aliphatic hydroxyl groups excluding tert-OH is 1. The minimum absolute atomic E-state index is 0.239. The molecule has 3 aromatic rings. The first kappa shape index (κ1) is 33.3. The zero-order valence-corrected chi connectivity index (χ0v) is 25.1. The van der Waals surface area contributed by atoms with Crippen molar-refractivity contribution >= 4 is 11.9 Å². The van der Waals surface area contributed by atoms with Crippen LogP contribution in [0.4, 0.5) is 0 Å². The summed E-state index contributed by atoms with van der Waals surface area (Å²) in [6.45, 7) is 15.6. The van der Waals surface area contributed by atoms with Crippen LogP contribution in [-0.4, -0.2) is 63.8 Å². The average molecular weight is 561 g/mol. The van der Waals surface area contributed by atoms with Crippen LogP contribution in [0.5, 0.6) is 0 Å². The van der Waals surface area contributed by atoms with Crippen molar-refractivity contribution in [2.75, 3.05) is 26.2 Å². The molecule has 2 unspecified atom stereocenters. The molecule has 0 aliphatic heterocycles. The molecule has 8 heteroatoms. The van der Waals surface area contributed by atoms with Gasteiger partial charge in [-0.25, -0.2) is 0 Å². The molecule has 2 aromatic carbocycles. The second-order valence-electron chi connectivity index (χ2n) is 11.0. The number of hydrogen-bond acceptors (Lipinski definition) is 5. The number of amides is 1. The maximum atomic E-state index is 13.0. The lowest BCUT2D eigenvalue weighted by Gasteiger charge is -2.31. The van der Waals surface area contributed by atoms with Gasteiger partial charge in [0.25, 0.3) is 0 Å². The summed E-state index contributed by atoms with van der Waals surface area (Å²) in [5, 5.41) is 30.8. The van der Waals surface area contributed by atoms with Crippen LogP contribution in [0.25, 0.3) is 22.3 Å². The van der Waals surface area contributed by atoms with E-state index in [1.165, 1.54) is 19.6 Å². The molecule has 0 bridgehead atoms. The van der Waals surface area contributed by atoms with E-state index in [0.717, 1.165) is 22.3 Å². The van der Waals surface area contributed by atoms with Crippen molar-refractivity contribution in [2.45, 2.75) is 60.0 Å². The molecule has 1 amide bonds. The van der Waals surface area contributed by atoms with E-state index in [9.17, 15) is 19.8 Å². The molecule has 0 radical (unpaired) electrons. The highest BCUT2D eigenvalue weighted by molar-refractivity contribution is 5.85. The van der Waals surface area contributed by atoms with Crippen LogP contribution < -0.4 is 5.32 Å². The van der Waals surface area contributed by atoms with Crippen molar-refractivity contribution in [2.24, 2.45) is 5.41 Å². The fourth-order valence-corrected chi connectivity index (χ4v) is 4.34. The van der Waals surface area contributed by atoms with Gasteiger partial charge in [-0.15, -0.1) is 0 Å². The summed E-state index contributed by atoms with van der Waals surface area (Å²) < 4.78 is 1.60. The molecule has 0 fully saturated rings. The first-order chi connectivity index (χ1) is 19.5. The van der Waals surface area contributed by atoms with Crippen LogP contribution in [0.3, 0.4) is 0 Å². The topological polar surface area (TPSA) is 119 Å². The number of aliphatic hydroxyl groups is 1. The molecule has 0 saturated heterocycles. The van der Waals surface area contributed by atoms with Crippen LogP contribution in [0.2, 0.25) is 0 Å². The Morgan fingerprint density at radius 1 is 0.902 bits per heavy atom. The van der Waals surface area contributed by atoms with Gasteiger partial charge in [0.15, 0.2) is 0 Å². The predicted octanol–water partition coefficient (Wildman–Crippen LogP) is 5.58. The van der Waals surface area contributed by atoms with Gasteiger partial charge in [0, 0.05) is 12.4 Å². The van der Waals surface area contributed by atoms with E-state index in [1.807, 2.05) is 63.2 Å². The normalized spacial score (nSPS) is 12.6.